The third-order valence-electron chi connectivity index (χ3n) is 2.50. The first-order valence-electron chi connectivity index (χ1n) is 5.98. The van der Waals surface area contributed by atoms with Crippen LogP contribution >= 0.6 is 11.6 Å². The standard InChI is InChI=1S/C13H17ClN2O3/c1-4-5-16(8-12(17)19-3)13(18)10-6-9(2)15-11(14)7-10/h6-7H,4-5,8H2,1-3H3. The Hall–Kier alpha value is -1.62. The Morgan fingerprint density at radius 1 is 1.42 bits per heavy atom. The quantitative estimate of drug-likeness (QED) is 0.613. The predicted molar refractivity (Wildman–Crippen MR) is 72.2 cm³/mol. The SMILES string of the molecule is CCCN(CC(=O)OC)C(=O)c1cc(C)nc(Cl)c1. The maximum absolute atomic E-state index is 12.3. The van der Waals surface area contributed by atoms with Crippen molar-refractivity contribution in [1.29, 1.82) is 0 Å². The molecule has 0 saturated carbocycles. The van der Waals surface area contributed by atoms with Crippen LogP contribution in [0.25, 0.3) is 0 Å². The fourth-order valence-electron chi connectivity index (χ4n) is 1.68. The predicted octanol–water partition coefficient (Wildman–Crippen LogP) is 2.07. The molecule has 6 heteroatoms. The van der Waals surface area contributed by atoms with E-state index in [0.717, 1.165) is 6.42 Å². The average molecular weight is 285 g/mol. The van der Waals surface area contributed by atoms with Gasteiger partial charge >= 0.3 is 5.97 Å². The van der Waals surface area contributed by atoms with Crippen LogP contribution < -0.4 is 0 Å². The van der Waals surface area contributed by atoms with Gasteiger partial charge in [0, 0.05) is 17.8 Å². The number of hydrogen-bond donors (Lipinski definition) is 0. The van der Waals surface area contributed by atoms with Crippen LogP contribution in [0.3, 0.4) is 0 Å². The lowest BCUT2D eigenvalue weighted by atomic mass is 10.2. The van der Waals surface area contributed by atoms with Crippen LogP contribution in [0.2, 0.25) is 5.15 Å². The van der Waals surface area contributed by atoms with E-state index in [1.54, 1.807) is 13.0 Å². The molecule has 0 spiro atoms. The van der Waals surface area contributed by atoms with Gasteiger partial charge in [-0.3, -0.25) is 9.59 Å². The molecule has 0 aromatic carbocycles. The number of hydrogen-bond acceptors (Lipinski definition) is 4. The normalized spacial score (nSPS) is 10.1. The molecule has 1 heterocycles. The van der Waals surface area contributed by atoms with E-state index in [1.165, 1.54) is 18.1 Å². The van der Waals surface area contributed by atoms with Crippen molar-refractivity contribution < 1.29 is 14.3 Å². The number of aromatic nitrogens is 1. The van der Waals surface area contributed by atoms with Crippen molar-refractivity contribution in [2.24, 2.45) is 0 Å². The van der Waals surface area contributed by atoms with Crippen LogP contribution in [0, 0.1) is 6.92 Å². The van der Waals surface area contributed by atoms with Gasteiger partial charge in [0.05, 0.1) is 7.11 Å². The number of rotatable bonds is 5. The van der Waals surface area contributed by atoms with Crippen LogP contribution in [0.4, 0.5) is 0 Å². The number of methoxy groups -OCH3 is 1. The maximum atomic E-state index is 12.3. The summed E-state index contributed by atoms with van der Waals surface area (Å²) in [7, 11) is 1.30. The third-order valence-corrected chi connectivity index (χ3v) is 2.69. The van der Waals surface area contributed by atoms with Crippen molar-refractivity contribution in [3.63, 3.8) is 0 Å². The second kappa shape index (κ2) is 7.09. The summed E-state index contributed by atoms with van der Waals surface area (Å²) in [4.78, 5) is 29.1. The highest BCUT2D eigenvalue weighted by molar-refractivity contribution is 6.29. The molecule has 0 aliphatic heterocycles. The van der Waals surface area contributed by atoms with Gasteiger partial charge in [-0.25, -0.2) is 4.98 Å². The summed E-state index contributed by atoms with van der Waals surface area (Å²) in [6.07, 6.45) is 0.751. The molecule has 1 rings (SSSR count). The number of carbonyl (C=O) groups excluding carboxylic acids is 2. The largest absolute Gasteiger partial charge is 0.468 e. The Labute approximate surface area is 117 Å². The Bertz CT molecular complexity index is 457. The van der Waals surface area contributed by atoms with Gasteiger partial charge in [0.2, 0.25) is 0 Å². The zero-order chi connectivity index (χ0) is 14.4. The van der Waals surface area contributed by atoms with Crippen LogP contribution in [-0.2, 0) is 9.53 Å². The summed E-state index contributed by atoms with van der Waals surface area (Å²) in [6, 6.07) is 3.14. The molecule has 104 valence electrons. The van der Waals surface area contributed by atoms with Gasteiger partial charge in [0.1, 0.15) is 11.7 Å². The highest BCUT2D eigenvalue weighted by atomic mass is 35.5. The van der Waals surface area contributed by atoms with Crippen molar-refractivity contribution in [2.75, 3.05) is 20.2 Å². The van der Waals surface area contributed by atoms with Crippen LogP contribution in [0.1, 0.15) is 29.4 Å². The number of ether oxygens (including phenoxy) is 1. The van der Waals surface area contributed by atoms with E-state index < -0.39 is 5.97 Å². The first-order valence-corrected chi connectivity index (χ1v) is 6.36. The number of halogens is 1. The van der Waals surface area contributed by atoms with Gasteiger partial charge in [-0.1, -0.05) is 18.5 Å². The number of esters is 1. The second-order valence-electron chi connectivity index (χ2n) is 4.12. The first-order chi connectivity index (χ1) is 8.97. The van der Waals surface area contributed by atoms with E-state index in [4.69, 9.17) is 11.6 Å². The van der Waals surface area contributed by atoms with Gasteiger partial charge in [-0.05, 0) is 25.5 Å². The lowest BCUT2D eigenvalue weighted by Gasteiger charge is -2.21. The molecule has 0 fully saturated rings. The summed E-state index contributed by atoms with van der Waals surface area (Å²) in [6.45, 7) is 4.10. The minimum absolute atomic E-state index is 0.0673. The summed E-state index contributed by atoms with van der Waals surface area (Å²) in [5.74, 6) is -0.696. The Kier molecular flexibility index (Phi) is 5.76. The molecule has 1 aromatic heterocycles. The van der Waals surface area contributed by atoms with Gasteiger partial charge in [-0.2, -0.15) is 0 Å². The third kappa shape index (κ3) is 4.52. The molecular formula is C13H17ClN2O3. The number of nitrogens with zero attached hydrogens (tertiary/aromatic N) is 2. The molecule has 1 amide bonds. The number of pyridine rings is 1. The zero-order valence-corrected chi connectivity index (χ0v) is 12.0. The molecule has 19 heavy (non-hydrogen) atoms. The van der Waals surface area contributed by atoms with E-state index in [-0.39, 0.29) is 17.6 Å². The fraction of sp³-hybridized carbons (Fsp3) is 0.462. The Morgan fingerprint density at radius 3 is 2.63 bits per heavy atom. The van der Waals surface area contributed by atoms with E-state index in [1.807, 2.05) is 6.92 Å². The molecule has 0 unspecified atom stereocenters. The lowest BCUT2D eigenvalue weighted by Crippen LogP contribution is -2.36. The van der Waals surface area contributed by atoms with Crippen molar-refractivity contribution in [1.82, 2.24) is 9.88 Å². The van der Waals surface area contributed by atoms with Gasteiger partial charge in [-0.15, -0.1) is 0 Å². The molecule has 0 saturated heterocycles. The summed E-state index contributed by atoms with van der Waals surface area (Å²) in [5.41, 5.74) is 1.08. The maximum Gasteiger partial charge on any atom is 0.325 e. The highest BCUT2D eigenvalue weighted by Gasteiger charge is 2.19. The van der Waals surface area contributed by atoms with E-state index in [2.05, 4.69) is 9.72 Å². The molecule has 0 N–H and O–H groups in total. The van der Waals surface area contributed by atoms with E-state index in [9.17, 15) is 9.59 Å². The number of amides is 1. The average Bonchev–Trinajstić information content (AvgIpc) is 2.36. The molecule has 0 aliphatic rings. The monoisotopic (exact) mass is 284 g/mol. The van der Waals surface area contributed by atoms with Crippen LogP contribution in [0.15, 0.2) is 12.1 Å². The van der Waals surface area contributed by atoms with E-state index in [0.29, 0.717) is 17.8 Å². The van der Waals surface area contributed by atoms with Crippen molar-refractivity contribution in [3.05, 3.63) is 28.5 Å². The van der Waals surface area contributed by atoms with Gasteiger partial charge in [0.25, 0.3) is 5.91 Å². The second-order valence-corrected chi connectivity index (χ2v) is 4.51. The lowest BCUT2D eigenvalue weighted by molar-refractivity contribution is -0.141. The van der Waals surface area contributed by atoms with Gasteiger partial charge < -0.3 is 9.64 Å². The molecule has 0 atom stereocenters. The smallest absolute Gasteiger partial charge is 0.325 e. The molecule has 5 nitrogen and oxygen atoms in total. The molecule has 0 bridgehead atoms. The highest BCUT2D eigenvalue weighted by Crippen LogP contribution is 2.13. The van der Waals surface area contributed by atoms with Crippen molar-refractivity contribution in [3.8, 4) is 0 Å². The number of aryl methyl sites for hydroxylation is 1. The Balaban J connectivity index is 2.94. The fourth-order valence-corrected chi connectivity index (χ4v) is 1.93. The molecule has 0 aliphatic carbocycles. The van der Waals surface area contributed by atoms with Gasteiger partial charge in [0.15, 0.2) is 0 Å². The molecular weight excluding hydrogens is 268 g/mol. The van der Waals surface area contributed by atoms with Crippen molar-refractivity contribution >= 4 is 23.5 Å². The molecule has 1 aromatic rings. The first kappa shape index (κ1) is 15.4. The van der Waals surface area contributed by atoms with Crippen LogP contribution in [-0.4, -0.2) is 42.0 Å². The Morgan fingerprint density at radius 2 is 2.11 bits per heavy atom. The minimum atomic E-state index is -0.446. The summed E-state index contributed by atoms with van der Waals surface area (Å²) in [5, 5.41) is 0.262. The van der Waals surface area contributed by atoms with Crippen LogP contribution in [0.5, 0.6) is 0 Å². The minimum Gasteiger partial charge on any atom is -0.468 e. The van der Waals surface area contributed by atoms with Crippen molar-refractivity contribution in [2.45, 2.75) is 20.3 Å². The zero-order valence-electron chi connectivity index (χ0n) is 11.3. The van der Waals surface area contributed by atoms with E-state index >= 15 is 0 Å². The summed E-state index contributed by atoms with van der Waals surface area (Å²) < 4.78 is 4.59. The topological polar surface area (TPSA) is 59.5 Å². The molecule has 0 radical (unpaired) electrons. The summed E-state index contributed by atoms with van der Waals surface area (Å²) >= 11 is 5.84. The number of carbonyl (C=O) groups is 2.